The molecular weight excluding hydrogens is 288 g/mol. The van der Waals surface area contributed by atoms with Crippen LogP contribution in [0.5, 0.6) is 0 Å². The first-order valence-electron chi connectivity index (χ1n) is 8.70. The van der Waals surface area contributed by atoms with Crippen LogP contribution in [0.3, 0.4) is 0 Å². The summed E-state index contributed by atoms with van der Waals surface area (Å²) in [7, 11) is 0. The fourth-order valence-electron chi connectivity index (χ4n) is 2.53. The van der Waals surface area contributed by atoms with E-state index in [9.17, 15) is 0 Å². The molecule has 0 atom stereocenters. The molecule has 1 saturated carbocycles. The zero-order valence-electron chi connectivity index (χ0n) is 14.4. The van der Waals surface area contributed by atoms with E-state index in [1.165, 1.54) is 44.9 Å². The summed E-state index contributed by atoms with van der Waals surface area (Å²) in [5, 5.41) is 4.67. The Balaban J connectivity index is 0.000000541. The standard InChI is InChI=1S/C15H22N2S.C4H10/c1-3-13-14(4-2)18-15(17-13)11-16-10-12-8-6-5-7-9-12;1-3-4-2/h3-4,12,16H,1-2,5-11H2;3-4H2,1-2H3. The smallest absolute Gasteiger partial charge is 0.108 e. The molecule has 3 heteroatoms. The van der Waals surface area contributed by atoms with Crippen molar-refractivity contribution < 1.29 is 0 Å². The van der Waals surface area contributed by atoms with Crippen molar-refractivity contribution in [2.24, 2.45) is 5.92 Å². The molecule has 1 fully saturated rings. The molecule has 1 aliphatic rings. The fourth-order valence-corrected chi connectivity index (χ4v) is 3.42. The number of aromatic nitrogens is 1. The average molecular weight is 321 g/mol. The Labute approximate surface area is 140 Å². The van der Waals surface area contributed by atoms with Gasteiger partial charge in [-0.25, -0.2) is 4.98 Å². The van der Waals surface area contributed by atoms with Crippen molar-refractivity contribution in [3.05, 3.63) is 28.7 Å². The molecule has 124 valence electrons. The topological polar surface area (TPSA) is 24.9 Å². The highest BCUT2D eigenvalue weighted by atomic mass is 32.1. The van der Waals surface area contributed by atoms with Gasteiger partial charge in [0.25, 0.3) is 0 Å². The van der Waals surface area contributed by atoms with E-state index < -0.39 is 0 Å². The first kappa shape index (κ1) is 19.1. The van der Waals surface area contributed by atoms with Crippen molar-refractivity contribution in [2.45, 2.75) is 65.3 Å². The molecule has 2 nitrogen and oxygen atoms in total. The molecule has 2 rings (SSSR count). The minimum Gasteiger partial charge on any atom is -0.310 e. The van der Waals surface area contributed by atoms with E-state index in [1.54, 1.807) is 17.4 Å². The van der Waals surface area contributed by atoms with Crippen molar-refractivity contribution in [3.8, 4) is 0 Å². The Kier molecular flexibility index (Phi) is 10.1. The first-order valence-corrected chi connectivity index (χ1v) is 9.52. The highest BCUT2D eigenvalue weighted by Crippen LogP contribution is 2.23. The Hall–Kier alpha value is -0.930. The van der Waals surface area contributed by atoms with Gasteiger partial charge in [0.15, 0.2) is 0 Å². The van der Waals surface area contributed by atoms with Crippen LogP contribution in [0.4, 0.5) is 0 Å². The van der Waals surface area contributed by atoms with Crippen LogP contribution in [0.15, 0.2) is 13.2 Å². The molecule has 22 heavy (non-hydrogen) atoms. The fraction of sp³-hybridized carbons (Fsp3) is 0.632. The first-order chi connectivity index (χ1) is 10.7. The van der Waals surface area contributed by atoms with Crippen LogP contribution < -0.4 is 5.32 Å². The average Bonchev–Trinajstić information content (AvgIpc) is 2.98. The van der Waals surface area contributed by atoms with Gasteiger partial charge in [0, 0.05) is 6.54 Å². The van der Waals surface area contributed by atoms with Gasteiger partial charge in [0.05, 0.1) is 10.6 Å². The van der Waals surface area contributed by atoms with E-state index in [-0.39, 0.29) is 0 Å². The quantitative estimate of drug-likeness (QED) is 0.676. The lowest BCUT2D eigenvalue weighted by Gasteiger charge is -2.21. The number of thiazole rings is 1. The minimum absolute atomic E-state index is 0.871. The number of nitrogens with zero attached hydrogens (tertiary/aromatic N) is 1. The number of unbranched alkanes of at least 4 members (excludes halogenated alkanes) is 1. The molecule has 0 spiro atoms. The van der Waals surface area contributed by atoms with Gasteiger partial charge in [-0.05, 0) is 37.5 Å². The van der Waals surface area contributed by atoms with E-state index >= 15 is 0 Å². The predicted octanol–water partition coefficient (Wildman–Crippen LogP) is 5.91. The van der Waals surface area contributed by atoms with Gasteiger partial charge in [-0.1, -0.05) is 59.1 Å². The van der Waals surface area contributed by atoms with Crippen LogP contribution >= 0.6 is 11.3 Å². The van der Waals surface area contributed by atoms with Gasteiger partial charge in [0.1, 0.15) is 5.01 Å². The molecule has 1 N–H and O–H groups in total. The molecule has 1 aromatic heterocycles. The van der Waals surface area contributed by atoms with Crippen molar-refractivity contribution in [1.82, 2.24) is 10.3 Å². The summed E-state index contributed by atoms with van der Waals surface area (Å²) >= 11 is 1.71. The maximum atomic E-state index is 4.55. The van der Waals surface area contributed by atoms with Crippen LogP contribution in [-0.4, -0.2) is 11.5 Å². The van der Waals surface area contributed by atoms with E-state index in [4.69, 9.17) is 0 Å². The zero-order chi connectivity index (χ0) is 16.2. The van der Waals surface area contributed by atoms with Gasteiger partial charge in [-0.3, -0.25) is 0 Å². The van der Waals surface area contributed by atoms with Crippen LogP contribution in [0.1, 0.15) is 74.4 Å². The maximum absolute atomic E-state index is 4.55. The number of hydrogen-bond donors (Lipinski definition) is 1. The second-order valence-corrected chi connectivity index (χ2v) is 7.02. The van der Waals surface area contributed by atoms with Gasteiger partial charge < -0.3 is 5.32 Å². The second kappa shape index (κ2) is 11.6. The Morgan fingerprint density at radius 3 is 2.32 bits per heavy atom. The molecule has 1 aliphatic carbocycles. The second-order valence-electron chi connectivity index (χ2n) is 5.90. The number of rotatable bonds is 7. The highest BCUT2D eigenvalue weighted by Gasteiger charge is 2.13. The summed E-state index contributed by atoms with van der Waals surface area (Å²) in [4.78, 5) is 5.67. The Bertz CT molecular complexity index is 403. The zero-order valence-corrected chi connectivity index (χ0v) is 15.2. The van der Waals surface area contributed by atoms with Crippen molar-refractivity contribution >= 4 is 23.5 Å². The molecule has 1 heterocycles. The molecule has 0 bridgehead atoms. The molecule has 1 aromatic rings. The summed E-state index contributed by atoms with van der Waals surface area (Å²) < 4.78 is 0. The highest BCUT2D eigenvalue weighted by molar-refractivity contribution is 7.12. The van der Waals surface area contributed by atoms with E-state index in [0.717, 1.165) is 34.6 Å². The lowest BCUT2D eigenvalue weighted by atomic mass is 9.89. The van der Waals surface area contributed by atoms with Crippen molar-refractivity contribution in [1.29, 1.82) is 0 Å². The number of hydrogen-bond acceptors (Lipinski definition) is 3. The SMILES string of the molecule is C=Cc1nc(CNCC2CCCCC2)sc1C=C.CCCC. The lowest BCUT2D eigenvalue weighted by molar-refractivity contribution is 0.342. The predicted molar refractivity (Wildman–Crippen MR) is 101 cm³/mol. The van der Waals surface area contributed by atoms with Crippen LogP contribution in [-0.2, 0) is 6.54 Å². The molecule has 0 aliphatic heterocycles. The van der Waals surface area contributed by atoms with Crippen LogP contribution in [0.2, 0.25) is 0 Å². The summed E-state index contributed by atoms with van der Waals surface area (Å²) in [5.74, 6) is 0.872. The molecule has 0 amide bonds. The summed E-state index contributed by atoms with van der Waals surface area (Å²) in [6, 6.07) is 0. The third kappa shape index (κ3) is 6.89. The largest absolute Gasteiger partial charge is 0.310 e. The molecule has 0 radical (unpaired) electrons. The van der Waals surface area contributed by atoms with Crippen molar-refractivity contribution in [2.75, 3.05) is 6.54 Å². The monoisotopic (exact) mass is 320 g/mol. The Morgan fingerprint density at radius 1 is 1.14 bits per heavy atom. The van der Waals surface area contributed by atoms with Crippen LogP contribution in [0.25, 0.3) is 12.2 Å². The molecular formula is C19H32N2S. The van der Waals surface area contributed by atoms with Gasteiger partial charge in [-0.15, -0.1) is 11.3 Å². The van der Waals surface area contributed by atoms with E-state index in [1.807, 2.05) is 6.08 Å². The lowest BCUT2D eigenvalue weighted by Crippen LogP contribution is -2.24. The van der Waals surface area contributed by atoms with Crippen molar-refractivity contribution in [3.63, 3.8) is 0 Å². The summed E-state index contributed by atoms with van der Waals surface area (Å²) in [5.41, 5.74) is 0.962. The maximum Gasteiger partial charge on any atom is 0.108 e. The number of nitrogens with one attached hydrogen (secondary N) is 1. The van der Waals surface area contributed by atoms with E-state index in [2.05, 4.69) is 37.3 Å². The van der Waals surface area contributed by atoms with E-state index in [0.29, 0.717) is 0 Å². The van der Waals surface area contributed by atoms with Crippen LogP contribution in [0, 0.1) is 5.92 Å². The summed E-state index contributed by atoms with van der Waals surface area (Å²) in [6.07, 6.45) is 13.3. The van der Waals surface area contributed by atoms with Gasteiger partial charge in [0.2, 0.25) is 0 Å². The molecule has 0 unspecified atom stereocenters. The molecule has 0 saturated heterocycles. The summed E-state index contributed by atoms with van der Waals surface area (Å²) in [6.45, 7) is 14.0. The normalized spacial score (nSPS) is 15.0. The minimum atomic E-state index is 0.871. The third-order valence-corrected chi connectivity index (χ3v) is 5.11. The third-order valence-electron chi connectivity index (χ3n) is 4.04. The Morgan fingerprint density at radius 2 is 1.82 bits per heavy atom. The van der Waals surface area contributed by atoms with Gasteiger partial charge >= 0.3 is 0 Å². The molecule has 0 aromatic carbocycles. The van der Waals surface area contributed by atoms with Gasteiger partial charge in [-0.2, -0.15) is 0 Å².